The minimum atomic E-state index is -0.283. The minimum absolute atomic E-state index is 0.173. The number of nitrogens with one attached hydrogen (secondary N) is 1. The summed E-state index contributed by atoms with van der Waals surface area (Å²) in [5.41, 5.74) is 1.90. The van der Waals surface area contributed by atoms with Gasteiger partial charge in [0.2, 0.25) is 0 Å². The van der Waals surface area contributed by atoms with Crippen LogP contribution >= 0.6 is 11.6 Å². The molecule has 20 heavy (non-hydrogen) atoms. The van der Waals surface area contributed by atoms with Gasteiger partial charge >= 0.3 is 0 Å². The highest BCUT2D eigenvalue weighted by atomic mass is 35.5. The molecule has 0 atom stereocenters. The van der Waals surface area contributed by atoms with Gasteiger partial charge in [0.25, 0.3) is 5.91 Å². The molecule has 1 N–H and O–H groups in total. The first-order chi connectivity index (χ1) is 9.26. The number of hydrogen-bond acceptors (Lipinski definition) is 2. The number of benzene rings is 1. The van der Waals surface area contributed by atoms with Crippen LogP contribution in [0.2, 0.25) is 5.02 Å². The zero-order valence-corrected chi connectivity index (χ0v) is 12.8. The fourth-order valence-corrected chi connectivity index (χ4v) is 1.96. The third-order valence-electron chi connectivity index (χ3n) is 2.68. The third kappa shape index (κ3) is 3.39. The van der Waals surface area contributed by atoms with Crippen molar-refractivity contribution in [1.82, 2.24) is 15.1 Å². The molecule has 0 unspecified atom stereocenters. The maximum Gasteiger partial charge on any atom is 0.272 e. The van der Waals surface area contributed by atoms with Gasteiger partial charge < -0.3 is 5.32 Å². The molecule has 0 saturated heterocycles. The van der Waals surface area contributed by atoms with Gasteiger partial charge in [-0.15, -0.1) is 0 Å². The largest absolute Gasteiger partial charge is 0.346 e. The van der Waals surface area contributed by atoms with Crippen LogP contribution in [0, 0.1) is 6.92 Å². The molecule has 0 bridgehead atoms. The van der Waals surface area contributed by atoms with Crippen molar-refractivity contribution >= 4 is 17.5 Å². The van der Waals surface area contributed by atoms with Gasteiger partial charge in [-0.05, 0) is 58.0 Å². The van der Waals surface area contributed by atoms with Gasteiger partial charge in [0, 0.05) is 16.3 Å². The summed E-state index contributed by atoms with van der Waals surface area (Å²) in [6, 6.07) is 9.11. The molecule has 0 aliphatic carbocycles. The van der Waals surface area contributed by atoms with E-state index in [0.29, 0.717) is 10.7 Å². The number of carbonyl (C=O) groups excluding carboxylic acids is 1. The van der Waals surface area contributed by atoms with Gasteiger partial charge in [0.05, 0.1) is 5.69 Å². The standard InChI is InChI=1S/C15H18ClN3O/c1-10-9-13(14(20)17-15(2,3)4)18-19(10)12-7-5-11(16)6-8-12/h5-9H,1-4H3,(H,17,20). The van der Waals surface area contributed by atoms with Crippen molar-refractivity contribution in [3.05, 3.63) is 46.7 Å². The molecule has 106 valence electrons. The molecular weight excluding hydrogens is 274 g/mol. The summed E-state index contributed by atoms with van der Waals surface area (Å²) >= 11 is 5.87. The minimum Gasteiger partial charge on any atom is -0.346 e. The lowest BCUT2D eigenvalue weighted by molar-refractivity contribution is 0.0914. The Bertz CT molecular complexity index is 624. The van der Waals surface area contributed by atoms with E-state index in [1.165, 1.54) is 0 Å². The van der Waals surface area contributed by atoms with Gasteiger partial charge in [-0.1, -0.05) is 11.6 Å². The van der Waals surface area contributed by atoms with Crippen LogP contribution in [0.25, 0.3) is 5.69 Å². The van der Waals surface area contributed by atoms with E-state index in [4.69, 9.17) is 11.6 Å². The molecule has 1 heterocycles. The van der Waals surface area contributed by atoms with E-state index in [1.807, 2.05) is 39.8 Å². The molecule has 0 radical (unpaired) electrons. The first-order valence-electron chi connectivity index (χ1n) is 6.41. The van der Waals surface area contributed by atoms with Crippen molar-refractivity contribution < 1.29 is 4.79 Å². The van der Waals surface area contributed by atoms with Crippen LogP contribution in [-0.4, -0.2) is 21.2 Å². The van der Waals surface area contributed by atoms with Crippen LogP contribution < -0.4 is 5.32 Å². The van der Waals surface area contributed by atoms with E-state index in [0.717, 1.165) is 11.4 Å². The second-order valence-electron chi connectivity index (χ2n) is 5.76. The number of amides is 1. The number of nitrogens with zero attached hydrogens (tertiary/aromatic N) is 2. The van der Waals surface area contributed by atoms with Crippen LogP contribution in [0.4, 0.5) is 0 Å². The Morgan fingerprint density at radius 3 is 2.40 bits per heavy atom. The van der Waals surface area contributed by atoms with E-state index in [-0.39, 0.29) is 11.4 Å². The molecule has 1 aromatic carbocycles. The normalized spacial score (nSPS) is 11.4. The molecule has 1 aromatic heterocycles. The molecule has 2 rings (SSSR count). The Balaban J connectivity index is 2.30. The molecule has 0 aliphatic heterocycles. The van der Waals surface area contributed by atoms with Gasteiger partial charge in [0.1, 0.15) is 0 Å². The second kappa shape index (κ2) is 5.29. The number of aryl methyl sites for hydroxylation is 1. The van der Waals surface area contributed by atoms with Gasteiger partial charge in [-0.3, -0.25) is 4.79 Å². The lowest BCUT2D eigenvalue weighted by Gasteiger charge is -2.19. The zero-order chi connectivity index (χ0) is 14.9. The Hall–Kier alpha value is -1.81. The van der Waals surface area contributed by atoms with Crippen LogP contribution in [0.5, 0.6) is 0 Å². The summed E-state index contributed by atoms with van der Waals surface area (Å²) in [5.74, 6) is -0.173. The van der Waals surface area contributed by atoms with Gasteiger partial charge in [0.15, 0.2) is 5.69 Å². The number of rotatable bonds is 2. The molecule has 0 saturated carbocycles. The average molecular weight is 292 g/mol. The molecular formula is C15H18ClN3O. The molecule has 4 nitrogen and oxygen atoms in total. The number of carbonyl (C=O) groups is 1. The topological polar surface area (TPSA) is 46.9 Å². The molecule has 5 heteroatoms. The molecule has 1 amide bonds. The molecule has 0 fully saturated rings. The highest BCUT2D eigenvalue weighted by Crippen LogP contribution is 2.16. The number of aromatic nitrogens is 2. The monoisotopic (exact) mass is 291 g/mol. The third-order valence-corrected chi connectivity index (χ3v) is 2.93. The number of halogens is 1. The van der Waals surface area contributed by atoms with Crippen molar-refractivity contribution in [1.29, 1.82) is 0 Å². The van der Waals surface area contributed by atoms with Crippen molar-refractivity contribution in [2.45, 2.75) is 33.2 Å². The number of hydrogen-bond donors (Lipinski definition) is 1. The zero-order valence-electron chi connectivity index (χ0n) is 12.1. The lowest BCUT2D eigenvalue weighted by Crippen LogP contribution is -2.40. The van der Waals surface area contributed by atoms with Crippen molar-refractivity contribution in [3.8, 4) is 5.69 Å². The highest BCUT2D eigenvalue weighted by molar-refractivity contribution is 6.30. The van der Waals surface area contributed by atoms with Gasteiger partial charge in [-0.2, -0.15) is 5.10 Å². The van der Waals surface area contributed by atoms with Crippen molar-refractivity contribution in [3.63, 3.8) is 0 Å². The summed E-state index contributed by atoms with van der Waals surface area (Å²) in [7, 11) is 0. The Morgan fingerprint density at radius 1 is 1.25 bits per heavy atom. The molecule has 2 aromatic rings. The summed E-state index contributed by atoms with van der Waals surface area (Å²) < 4.78 is 1.73. The fourth-order valence-electron chi connectivity index (χ4n) is 1.83. The SMILES string of the molecule is Cc1cc(C(=O)NC(C)(C)C)nn1-c1ccc(Cl)cc1. The first-order valence-corrected chi connectivity index (χ1v) is 6.79. The Kier molecular flexibility index (Phi) is 3.86. The van der Waals surface area contributed by atoms with Crippen LogP contribution in [0.15, 0.2) is 30.3 Å². The Labute approximate surface area is 123 Å². The van der Waals surface area contributed by atoms with E-state index in [2.05, 4.69) is 10.4 Å². The maximum atomic E-state index is 12.1. The van der Waals surface area contributed by atoms with E-state index in [9.17, 15) is 4.79 Å². The summed E-state index contributed by atoms with van der Waals surface area (Å²) in [5, 5.41) is 7.93. The maximum absolute atomic E-state index is 12.1. The lowest BCUT2D eigenvalue weighted by atomic mass is 10.1. The van der Waals surface area contributed by atoms with E-state index < -0.39 is 0 Å². The second-order valence-corrected chi connectivity index (χ2v) is 6.20. The summed E-state index contributed by atoms with van der Waals surface area (Å²) in [6.07, 6.45) is 0. The molecule has 0 spiro atoms. The predicted octanol–water partition coefficient (Wildman–Crippen LogP) is 3.36. The van der Waals surface area contributed by atoms with Crippen LogP contribution in [0.3, 0.4) is 0 Å². The summed E-state index contributed by atoms with van der Waals surface area (Å²) in [6.45, 7) is 7.73. The average Bonchev–Trinajstić information content (AvgIpc) is 2.70. The van der Waals surface area contributed by atoms with Crippen LogP contribution in [-0.2, 0) is 0 Å². The van der Waals surface area contributed by atoms with Crippen molar-refractivity contribution in [2.75, 3.05) is 0 Å². The smallest absolute Gasteiger partial charge is 0.272 e. The van der Waals surface area contributed by atoms with E-state index >= 15 is 0 Å². The highest BCUT2D eigenvalue weighted by Gasteiger charge is 2.18. The van der Waals surface area contributed by atoms with E-state index in [1.54, 1.807) is 22.9 Å². The van der Waals surface area contributed by atoms with Crippen LogP contribution in [0.1, 0.15) is 37.0 Å². The van der Waals surface area contributed by atoms with Crippen molar-refractivity contribution in [2.24, 2.45) is 0 Å². The summed E-state index contributed by atoms with van der Waals surface area (Å²) in [4.78, 5) is 12.1. The quantitative estimate of drug-likeness (QED) is 0.922. The predicted molar refractivity (Wildman–Crippen MR) is 80.5 cm³/mol. The molecule has 0 aliphatic rings. The first kappa shape index (κ1) is 14.6. The fraction of sp³-hybridized carbons (Fsp3) is 0.333. The Morgan fingerprint density at radius 2 is 1.85 bits per heavy atom. The van der Waals surface area contributed by atoms with Gasteiger partial charge in [-0.25, -0.2) is 4.68 Å².